The minimum Gasteiger partial charge on any atom is -0.459 e. The van der Waals surface area contributed by atoms with Crippen molar-refractivity contribution < 1.29 is 19.4 Å². The van der Waals surface area contributed by atoms with Crippen molar-refractivity contribution in [3.63, 3.8) is 0 Å². The average molecular weight is 233 g/mol. The number of methoxy groups -OCH3 is 1. The molecular formula is C11H23NO4. The number of carbonyl (C=O) groups excluding carboxylic acids is 1. The number of carbonyl (C=O) groups is 1. The van der Waals surface area contributed by atoms with Crippen LogP contribution in [0, 0.1) is 0 Å². The van der Waals surface area contributed by atoms with Crippen molar-refractivity contribution in [2.75, 3.05) is 26.9 Å². The molecule has 0 aromatic heterocycles. The summed E-state index contributed by atoms with van der Waals surface area (Å²) in [5, 5.41) is 11.8. The molecule has 2 N–H and O–H groups in total. The summed E-state index contributed by atoms with van der Waals surface area (Å²) in [6, 6.07) is -0.0254. The van der Waals surface area contributed by atoms with Gasteiger partial charge in [0.1, 0.15) is 5.60 Å². The molecule has 0 bridgehead atoms. The quantitative estimate of drug-likeness (QED) is 0.620. The Kier molecular flexibility index (Phi) is 7.29. The van der Waals surface area contributed by atoms with E-state index in [-0.39, 0.29) is 25.2 Å². The predicted molar refractivity (Wildman–Crippen MR) is 61.2 cm³/mol. The first-order valence-electron chi connectivity index (χ1n) is 5.44. The van der Waals surface area contributed by atoms with Gasteiger partial charge in [0.15, 0.2) is 0 Å². The van der Waals surface area contributed by atoms with E-state index in [0.29, 0.717) is 13.0 Å². The summed E-state index contributed by atoms with van der Waals surface area (Å²) in [5.74, 6) is -0.299. The molecule has 0 amide bonds. The molecule has 1 atom stereocenters. The van der Waals surface area contributed by atoms with Crippen LogP contribution < -0.4 is 5.32 Å². The number of hydrogen-bond donors (Lipinski definition) is 2. The summed E-state index contributed by atoms with van der Waals surface area (Å²) in [6.45, 7) is 6.13. The molecule has 0 spiro atoms. The van der Waals surface area contributed by atoms with E-state index in [1.165, 1.54) is 0 Å². The van der Waals surface area contributed by atoms with E-state index in [2.05, 4.69) is 5.32 Å². The summed E-state index contributed by atoms with van der Waals surface area (Å²) in [6.07, 6.45) is 0.552. The number of hydrogen-bond acceptors (Lipinski definition) is 5. The smallest absolute Gasteiger partial charge is 0.320 e. The van der Waals surface area contributed by atoms with Crippen molar-refractivity contribution >= 4 is 5.97 Å². The normalized spacial score (nSPS) is 13.6. The topological polar surface area (TPSA) is 67.8 Å². The summed E-state index contributed by atoms with van der Waals surface area (Å²) < 4.78 is 10.1. The Morgan fingerprint density at radius 1 is 1.44 bits per heavy atom. The molecule has 0 radical (unpaired) electrons. The number of ether oxygens (including phenoxy) is 2. The fourth-order valence-electron chi connectivity index (χ4n) is 1.21. The number of aliphatic hydroxyl groups is 1. The Morgan fingerprint density at radius 2 is 2.06 bits per heavy atom. The number of rotatable bonds is 7. The first-order valence-corrected chi connectivity index (χ1v) is 5.44. The van der Waals surface area contributed by atoms with E-state index in [1.807, 2.05) is 20.8 Å². The Hall–Kier alpha value is -0.650. The lowest BCUT2D eigenvalue weighted by Crippen LogP contribution is -2.39. The van der Waals surface area contributed by atoms with E-state index in [0.717, 1.165) is 0 Å². The molecule has 0 saturated carbocycles. The minimum absolute atomic E-state index is 0.0254. The van der Waals surface area contributed by atoms with E-state index >= 15 is 0 Å². The van der Waals surface area contributed by atoms with Crippen LogP contribution >= 0.6 is 0 Å². The van der Waals surface area contributed by atoms with Gasteiger partial charge in [-0.2, -0.15) is 0 Å². The number of aliphatic hydroxyl groups excluding tert-OH is 1. The maximum absolute atomic E-state index is 11.4. The average Bonchev–Trinajstić information content (AvgIpc) is 2.12. The summed E-state index contributed by atoms with van der Waals surface area (Å²) >= 11 is 0. The third-order valence-electron chi connectivity index (χ3n) is 1.80. The van der Waals surface area contributed by atoms with Gasteiger partial charge in [0.2, 0.25) is 0 Å². The van der Waals surface area contributed by atoms with Crippen LogP contribution in [0.25, 0.3) is 0 Å². The molecule has 0 heterocycles. The first kappa shape index (κ1) is 15.3. The van der Waals surface area contributed by atoms with E-state index in [4.69, 9.17) is 14.6 Å². The molecule has 0 rings (SSSR count). The molecule has 0 aromatic carbocycles. The second-order valence-corrected chi connectivity index (χ2v) is 4.63. The number of nitrogens with one attached hydrogen (secondary N) is 1. The largest absolute Gasteiger partial charge is 0.459 e. The van der Waals surface area contributed by atoms with Gasteiger partial charge in [-0.25, -0.2) is 0 Å². The van der Waals surface area contributed by atoms with Crippen LogP contribution in [0.4, 0.5) is 0 Å². The lowest BCUT2D eigenvalue weighted by atomic mass is 10.2. The molecule has 0 aliphatic heterocycles. The van der Waals surface area contributed by atoms with E-state index < -0.39 is 5.60 Å². The van der Waals surface area contributed by atoms with Crippen LogP contribution in [0.5, 0.6) is 0 Å². The zero-order valence-electron chi connectivity index (χ0n) is 10.6. The van der Waals surface area contributed by atoms with Gasteiger partial charge in [0, 0.05) is 19.8 Å². The fraction of sp³-hybridized carbons (Fsp3) is 0.909. The Morgan fingerprint density at radius 3 is 2.50 bits per heavy atom. The van der Waals surface area contributed by atoms with Crippen LogP contribution in [-0.4, -0.2) is 49.6 Å². The van der Waals surface area contributed by atoms with Crippen LogP contribution in [0.15, 0.2) is 0 Å². The van der Waals surface area contributed by atoms with Crippen molar-refractivity contribution in [3.05, 3.63) is 0 Å². The van der Waals surface area contributed by atoms with Gasteiger partial charge < -0.3 is 19.9 Å². The lowest BCUT2D eigenvalue weighted by molar-refractivity contribution is -0.153. The Labute approximate surface area is 97.1 Å². The summed E-state index contributed by atoms with van der Waals surface area (Å²) in [4.78, 5) is 11.4. The van der Waals surface area contributed by atoms with Crippen molar-refractivity contribution in [2.45, 2.75) is 38.8 Å². The predicted octanol–water partition coefficient (Wildman–Crippen LogP) is 0.315. The van der Waals surface area contributed by atoms with Crippen molar-refractivity contribution in [2.24, 2.45) is 0 Å². The second kappa shape index (κ2) is 7.60. The zero-order valence-corrected chi connectivity index (χ0v) is 10.6. The standard InChI is InChI=1S/C11H23NO4/c1-11(2,3)16-10(14)7-12-9(5-6-13)8-15-4/h9,12-13H,5-8H2,1-4H3. The fourth-order valence-corrected chi connectivity index (χ4v) is 1.21. The van der Waals surface area contributed by atoms with Gasteiger partial charge in [-0.1, -0.05) is 0 Å². The molecule has 0 aliphatic carbocycles. The lowest BCUT2D eigenvalue weighted by Gasteiger charge is -2.21. The highest BCUT2D eigenvalue weighted by molar-refractivity contribution is 5.72. The molecule has 5 nitrogen and oxygen atoms in total. The highest BCUT2D eigenvalue weighted by Crippen LogP contribution is 2.06. The second-order valence-electron chi connectivity index (χ2n) is 4.63. The maximum atomic E-state index is 11.4. The van der Waals surface area contributed by atoms with E-state index in [1.54, 1.807) is 7.11 Å². The van der Waals surface area contributed by atoms with Crippen molar-refractivity contribution in [1.29, 1.82) is 0 Å². The Bertz CT molecular complexity index is 195. The van der Waals surface area contributed by atoms with Gasteiger partial charge in [-0.05, 0) is 27.2 Å². The molecule has 0 aromatic rings. The monoisotopic (exact) mass is 233 g/mol. The first-order chi connectivity index (χ1) is 7.39. The molecule has 0 saturated heterocycles. The van der Waals surface area contributed by atoms with Crippen LogP contribution in [-0.2, 0) is 14.3 Å². The van der Waals surface area contributed by atoms with Crippen molar-refractivity contribution in [1.82, 2.24) is 5.32 Å². The van der Waals surface area contributed by atoms with Crippen LogP contribution in [0.3, 0.4) is 0 Å². The highest BCUT2D eigenvalue weighted by Gasteiger charge is 2.17. The summed E-state index contributed by atoms with van der Waals surface area (Å²) in [7, 11) is 1.58. The molecule has 16 heavy (non-hydrogen) atoms. The molecular weight excluding hydrogens is 210 g/mol. The zero-order chi connectivity index (χ0) is 12.6. The highest BCUT2D eigenvalue weighted by atomic mass is 16.6. The van der Waals surface area contributed by atoms with Gasteiger partial charge in [-0.15, -0.1) is 0 Å². The molecule has 0 aliphatic rings. The minimum atomic E-state index is -0.466. The molecule has 96 valence electrons. The van der Waals surface area contributed by atoms with Crippen LogP contribution in [0.1, 0.15) is 27.2 Å². The van der Waals surface area contributed by atoms with Crippen molar-refractivity contribution in [3.8, 4) is 0 Å². The molecule has 0 fully saturated rings. The van der Waals surface area contributed by atoms with Gasteiger partial charge in [0.05, 0.1) is 13.2 Å². The van der Waals surface area contributed by atoms with Crippen LogP contribution in [0.2, 0.25) is 0 Å². The van der Waals surface area contributed by atoms with E-state index in [9.17, 15) is 4.79 Å². The SMILES string of the molecule is COCC(CCO)NCC(=O)OC(C)(C)C. The third kappa shape index (κ3) is 8.64. The maximum Gasteiger partial charge on any atom is 0.320 e. The molecule has 5 heteroatoms. The van der Waals surface area contributed by atoms with Gasteiger partial charge in [-0.3, -0.25) is 4.79 Å². The summed E-state index contributed by atoms with van der Waals surface area (Å²) in [5.41, 5.74) is -0.466. The van der Waals surface area contributed by atoms with Gasteiger partial charge in [0.25, 0.3) is 0 Å². The third-order valence-corrected chi connectivity index (χ3v) is 1.80. The molecule has 1 unspecified atom stereocenters. The Balaban J connectivity index is 3.86. The number of esters is 1. The van der Waals surface area contributed by atoms with Gasteiger partial charge >= 0.3 is 5.97 Å².